The number of rotatable bonds is 8. The van der Waals surface area contributed by atoms with Gasteiger partial charge in [0.25, 0.3) is 0 Å². The Morgan fingerprint density at radius 2 is 1.75 bits per heavy atom. The zero-order chi connectivity index (χ0) is 31.1. The standard InChI is InChI=1S/C27H24Cl2F2N10O3/c1-37-14-32-23(36-37)12-41-26(43)34-25(40(27(41)44)11-15-6-17(28)20(31)9-19(15)30)33-22-7-16-10-39(35-21(16)8-18(22)29)13-24(42)38-4-2-3-5-38/h6-10,14H,2-5,11-13H2,1H3,(H,33,34,43). The molecule has 0 atom stereocenters. The molecule has 5 aromatic rings. The van der Waals surface area contributed by atoms with Gasteiger partial charge in [-0.25, -0.2) is 27.9 Å². The first-order valence-electron chi connectivity index (χ1n) is 13.5. The maximum atomic E-state index is 14.8. The zero-order valence-corrected chi connectivity index (χ0v) is 24.7. The molecule has 0 spiro atoms. The van der Waals surface area contributed by atoms with Crippen LogP contribution in [0.15, 0.2) is 46.4 Å². The summed E-state index contributed by atoms with van der Waals surface area (Å²) in [4.78, 5) is 49.2. The van der Waals surface area contributed by atoms with E-state index in [1.165, 1.54) is 15.7 Å². The molecule has 1 aliphatic rings. The van der Waals surface area contributed by atoms with Gasteiger partial charge in [0.2, 0.25) is 11.9 Å². The molecule has 0 bridgehead atoms. The fourth-order valence-corrected chi connectivity index (χ4v) is 5.35. The normalized spacial score (nSPS) is 13.2. The largest absolute Gasteiger partial charge is 0.355 e. The predicted molar refractivity (Wildman–Crippen MR) is 157 cm³/mol. The van der Waals surface area contributed by atoms with Crippen molar-refractivity contribution < 1.29 is 13.6 Å². The number of amides is 1. The molecule has 1 aliphatic heterocycles. The van der Waals surface area contributed by atoms with Crippen molar-refractivity contribution in [1.29, 1.82) is 0 Å². The van der Waals surface area contributed by atoms with Gasteiger partial charge < -0.3 is 10.2 Å². The molecule has 228 valence electrons. The minimum atomic E-state index is -0.967. The number of likely N-dealkylation sites (tertiary alicyclic amines) is 1. The molecule has 13 nitrogen and oxygen atoms in total. The average Bonchev–Trinajstić information content (AvgIpc) is 3.73. The number of fused-ring (bicyclic) bond motifs is 1. The third-order valence-electron chi connectivity index (χ3n) is 7.16. The van der Waals surface area contributed by atoms with Crippen LogP contribution >= 0.6 is 23.2 Å². The highest BCUT2D eigenvalue weighted by molar-refractivity contribution is 6.34. The van der Waals surface area contributed by atoms with Crippen LogP contribution in [0.4, 0.5) is 20.4 Å². The number of aryl methyl sites for hydroxylation is 1. The van der Waals surface area contributed by atoms with Crippen LogP contribution in [0.2, 0.25) is 10.0 Å². The first-order valence-corrected chi connectivity index (χ1v) is 14.2. The van der Waals surface area contributed by atoms with Crippen molar-refractivity contribution in [2.24, 2.45) is 7.05 Å². The van der Waals surface area contributed by atoms with Gasteiger partial charge in [0.15, 0.2) is 5.82 Å². The number of carbonyl (C=O) groups excluding carboxylic acids is 1. The van der Waals surface area contributed by atoms with Crippen LogP contribution in [0, 0.1) is 11.6 Å². The summed E-state index contributed by atoms with van der Waals surface area (Å²) in [5, 5.41) is 11.9. The number of hydrogen-bond donors (Lipinski definition) is 1. The molecule has 6 rings (SSSR count). The topological polar surface area (TPSA) is 138 Å². The Kier molecular flexibility index (Phi) is 7.90. The smallest absolute Gasteiger partial charge is 0.341 e. The van der Waals surface area contributed by atoms with Gasteiger partial charge in [-0.15, -0.1) is 0 Å². The van der Waals surface area contributed by atoms with Crippen molar-refractivity contribution >= 4 is 51.6 Å². The van der Waals surface area contributed by atoms with Gasteiger partial charge in [-0.2, -0.15) is 15.2 Å². The molecule has 3 aromatic heterocycles. The van der Waals surface area contributed by atoms with E-state index in [2.05, 4.69) is 25.5 Å². The van der Waals surface area contributed by atoms with Crippen molar-refractivity contribution in [2.75, 3.05) is 18.4 Å². The molecule has 0 radical (unpaired) electrons. The van der Waals surface area contributed by atoms with Crippen molar-refractivity contribution in [1.82, 2.24) is 43.6 Å². The van der Waals surface area contributed by atoms with Crippen LogP contribution in [-0.2, 0) is 31.5 Å². The molecule has 1 amide bonds. The molecule has 0 saturated carbocycles. The fraction of sp³-hybridized carbons (Fsp3) is 0.296. The van der Waals surface area contributed by atoms with E-state index < -0.39 is 29.6 Å². The number of halogens is 4. The number of hydrogen-bond acceptors (Lipinski definition) is 8. The number of benzene rings is 2. The van der Waals surface area contributed by atoms with Crippen LogP contribution in [0.25, 0.3) is 10.9 Å². The van der Waals surface area contributed by atoms with Gasteiger partial charge in [-0.05, 0) is 31.0 Å². The third-order valence-corrected chi connectivity index (χ3v) is 7.76. The van der Waals surface area contributed by atoms with Gasteiger partial charge in [-0.1, -0.05) is 23.2 Å². The second kappa shape index (κ2) is 11.8. The van der Waals surface area contributed by atoms with Crippen LogP contribution in [0.3, 0.4) is 0 Å². The molecule has 1 saturated heterocycles. The van der Waals surface area contributed by atoms with E-state index >= 15 is 0 Å². The van der Waals surface area contributed by atoms with Gasteiger partial charge in [0, 0.05) is 43.4 Å². The van der Waals surface area contributed by atoms with E-state index in [9.17, 15) is 23.2 Å². The summed E-state index contributed by atoms with van der Waals surface area (Å²) in [6.07, 6.45) is 5.03. The van der Waals surface area contributed by atoms with Crippen molar-refractivity contribution in [2.45, 2.75) is 32.5 Å². The molecule has 0 aliphatic carbocycles. The van der Waals surface area contributed by atoms with Gasteiger partial charge in [0.1, 0.15) is 24.5 Å². The highest BCUT2D eigenvalue weighted by Crippen LogP contribution is 2.30. The van der Waals surface area contributed by atoms with Gasteiger partial charge in [-0.3, -0.25) is 18.7 Å². The van der Waals surface area contributed by atoms with Crippen LogP contribution in [0.1, 0.15) is 24.2 Å². The molecule has 0 unspecified atom stereocenters. The molecule has 4 heterocycles. The predicted octanol–water partition coefficient (Wildman–Crippen LogP) is 2.93. The SMILES string of the molecule is Cn1cnc(Cn2c(=O)nc(Nc3cc4cn(CC(=O)N5CCCC5)nc4cc3Cl)n(Cc3cc(Cl)c(F)cc3F)c2=O)n1. The number of nitrogens with zero attached hydrogens (tertiary/aromatic N) is 9. The van der Waals surface area contributed by atoms with Crippen LogP contribution < -0.4 is 16.7 Å². The van der Waals surface area contributed by atoms with Gasteiger partial charge in [0.05, 0.1) is 34.3 Å². The highest BCUT2D eigenvalue weighted by atomic mass is 35.5. The minimum absolute atomic E-state index is 0.0393. The van der Waals surface area contributed by atoms with Crippen molar-refractivity contribution in [3.05, 3.63) is 90.8 Å². The highest BCUT2D eigenvalue weighted by Gasteiger charge is 2.21. The van der Waals surface area contributed by atoms with Crippen LogP contribution in [-0.4, -0.2) is 62.6 Å². The first kappa shape index (κ1) is 29.4. The lowest BCUT2D eigenvalue weighted by Crippen LogP contribution is -2.43. The Morgan fingerprint density at radius 3 is 2.48 bits per heavy atom. The quantitative estimate of drug-likeness (QED) is 0.255. The molecule has 1 N–H and O–H groups in total. The summed E-state index contributed by atoms with van der Waals surface area (Å²) < 4.78 is 33.3. The summed E-state index contributed by atoms with van der Waals surface area (Å²) in [6, 6.07) is 4.84. The molecule has 44 heavy (non-hydrogen) atoms. The summed E-state index contributed by atoms with van der Waals surface area (Å²) in [6.45, 7) is 0.733. The zero-order valence-electron chi connectivity index (χ0n) is 23.2. The minimum Gasteiger partial charge on any atom is -0.341 e. The fourth-order valence-electron chi connectivity index (χ4n) is 4.96. The van der Waals surface area contributed by atoms with E-state index in [0.717, 1.165) is 41.1 Å². The number of nitrogens with one attached hydrogen (secondary N) is 1. The number of anilines is 2. The van der Waals surface area contributed by atoms with Gasteiger partial charge >= 0.3 is 11.4 Å². The lowest BCUT2D eigenvalue weighted by Gasteiger charge is -2.16. The Bertz CT molecular complexity index is 2030. The van der Waals surface area contributed by atoms with E-state index in [-0.39, 0.29) is 52.1 Å². The lowest BCUT2D eigenvalue weighted by atomic mass is 10.2. The average molecular weight is 645 g/mol. The van der Waals surface area contributed by atoms with E-state index in [1.54, 1.807) is 30.3 Å². The first-order chi connectivity index (χ1) is 21.0. The Balaban J connectivity index is 1.38. The maximum Gasteiger partial charge on any atom is 0.355 e. The maximum absolute atomic E-state index is 14.8. The Labute approximate surface area is 257 Å². The summed E-state index contributed by atoms with van der Waals surface area (Å²) in [5.41, 5.74) is -1.16. The molecule has 1 fully saturated rings. The third kappa shape index (κ3) is 5.92. The molecular formula is C27H24Cl2F2N10O3. The summed E-state index contributed by atoms with van der Waals surface area (Å²) in [7, 11) is 1.62. The second-order valence-electron chi connectivity index (χ2n) is 10.3. The Hall–Kier alpha value is -4.63. The second-order valence-corrected chi connectivity index (χ2v) is 11.1. The molecule has 2 aromatic carbocycles. The summed E-state index contributed by atoms with van der Waals surface area (Å²) in [5.74, 6) is -2.05. The number of carbonyl (C=O) groups is 1. The van der Waals surface area contributed by atoms with Crippen molar-refractivity contribution in [3.63, 3.8) is 0 Å². The van der Waals surface area contributed by atoms with Crippen LogP contribution in [0.5, 0.6) is 0 Å². The molecular weight excluding hydrogens is 621 g/mol. The van der Waals surface area contributed by atoms with E-state index in [1.807, 2.05) is 0 Å². The van der Waals surface area contributed by atoms with Crippen molar-refractivity contribution in [3.8, 4) is 0 Å². The number of aromatic nitrogens is 8. The van der Waals surface area contributed by atoms with E-state index in [4.69, 9.17) is 23.2 Å². The monoisotopic (exact) mass is 644 g/mol. The molecule has 17 heteroatoms. The lowest BCUT2D eigenvalue weighted by molar-refractivity contribution is -0.130. The van der Waals surface area contributed by atoms with E-state index in [0.29, 0.717) is 17.0 Å². The summed E-state index contributed by atoms with van der Waals surface area (Å²) >= 11 is 12.4. The Morgan fingerprint density at radius 1 is 0.977 bits per heavy atom.